The molecule has 1 aromatic rings. The summed E-state index contributed by atoms with van der Waals surface area (Å²) in [5.41, 5.74) is 0.861. The average molecular weight is 348 g/mol. The Labute approximate surface area is 146 Å². The molecule has 0 radical (unpaired) electrons. The van der Waals surface area contributed by atoms with Crippen LogP contribution in [0.1, 0.15) is 54.2 Å². The van der Waals surface area contributed by atoms with Gasteiger partial charge in [-0.3, -0.25) is 4.79 Å². The van der Waals surface area contributed by atoms with E-state index in [-0.39, 0.29) is 18.5 Å². The molecule has 1 aliphatic carbocycles. The summed E-state index contributed by atoms with van der Waals surface area (Å²) in [4.78, 5) is 29.7. The van der Waals surface area contributed by atoms with Crippen molar-refractivity contribution in [3.63, 3.8) is 0 Å². The minimum Gasteiger partial charge on any atom is -0.481 e. The molecule has 7 nitrogen and oxygen atoms in total. The van der Waals surface area contributed by atoms with E-state index in [1.807, 2.05) is 6.92 Å². The zero-order valence-corrected chi connectivity index (χ0v) is 14.4. The Balaban J connectivity index is 1.92. The molecule has 0 bridgehead atoms. The van der Waals surface area contributed by atoms with Crippen molar-refractivity contribution in [1.29, 1.82) is 0 Å². The van der Waals surface area contributed by atoms with Gasteiger partial charge in [-0.2, -0.15) is 0 Å². The molecule has 1 aliphatic heterocycles. The summed E-state index contributed by atoms with van der Waals surface area (Å²) in [6.45, 7) is 2.35. The van der Waals surface area contributed by atoms with Crippen LogP contribution in [0, 0.1) is 5.41 Å². The maximum atomic E-state index is 11.8. The molecular formula is C18H24N2O5. The molecule has 1 fully saturated rings. The second kappa shape index (κ2) is 6.63. The number of aryl methyl sites for hydroxylation is 2. The van der Waals surface area contributed by atoms with E-state index in [1.54, 1.807) is 11.0 Å². The number of β-amino-alcohol motifs (C(OH)–C–C–N with tert-alkyl or cyclic N) is 1. The predicted molar refractivity (Wildman–Crippen MR) is 91.0 cm³/mol. The number of carboxylic acid groups (broad SMARTS) is 2. The van der Waals surface area contributed by atoms with Crippen LogP contribution in [-0.4, -0.2) is 51.4 Å². The van der Waals surface area contributed by atoms with Gasteiger partial charge in [0.1, 0.15) is 11.4 Å². The molecule has 136 valence electrons. The Morgan fingerprint density at radius 3 is 2.72 bits per heavy atom. The van der Waals surface area contributed by atoms with Crippen LogP contribution in [0.15, 0.2) is 6.07 Å². The SMILES string of the molecule is CCC[C@]1(C(=O)O)CCN(c2nc3c(cc2C(=O)O)CCC3)C[C@@H]1O. The van der Waals surface area contributed by atoms with E-state index in [4.69, 9.17) is 0 Å². The highest BCUT2D eigenvalue weighted by Gasteiger charge is 2.48. The fraction of sp³-hybridized carbons (Fsp3) is 0.611. The van der Waals surface area contributed by atoms with Crippen molar-refractivity contribution in [1.82, 2.24) is 4.98 Å². The molecular weight excluding hydrogens is 324 g/mol. The molecule has 0 amide bonds. The van der Waals surface area contributed by atoms with Crippen molar-refractivity contribution < 1.29 is 24.9 Å². The van der Waals surface area contributed by atoms with E-state index in [2.05, 4.69) is 4.98 Å². The molecule has 25 heavy (non-hydrogen) atoms. The largest absolute Gasteiger partial charge is 0.481 e. The van der Waals surface area contributed by atoms with Gasteiger partial charge in [0.25, 0.3) is 0 Å². The first kappa shape index (κ1) is 17.7. The van der Waals surface area contributed by atoms with Gasteiger partial charge in [-0.25, -0.2) is 9.78 Å². The number of anilines is 1. The van der Waals surface area contributed by atoms with Gasteiger partial charge in [0.2, 0.25) is 0 Å². The van der Waals surface area contributed by atoms with Gasteiger partial charge in [0.05, 0.1) is 11.5 Å². The van der Waals surface area contributed by atoms with Crippen molar-refractivity contribution in [3.8, 4) is 0 Å². The summed E-state index contributed by atoms with van der Waals surface area (Å²) in [6.07, 6.45) is 2.91. The average Bonchev–Trinajstić information content (AvgIpc) is 3.02. The highest BCUT2D eigenvalue weighted by Crippen LogP contribution is 2.39. The highest BCUT2D eigenvalue weighted by atomic mass is 16.4. The van der Waals surface area contributed by atoms with Gasteiger partial charge in [-0.15, -0.1) is 0 Å². The number of pyridine rings is 1. The lowest BCUT2D eigenvalue weighted by Gasteiger charge is -2.43. The summed E-state index contributed by atoms with van der Waals surface area (Å²) in [5.74, 6) is -1.68. The lowest BCUT2D eigenvalue weighted by atomic mass is 9.72. The maximum Gasteiger partial charge on any atom is 0.339 e. The number of nitrogens with zero attached hydrogens (tertiary/aromatic N) is 2. The molecule has 0 aromatic carbocycles. The van der Waals surface area contributed by atoms with Crippen LogP contribution in [0.3, 0.4) is 0 Å². The minimum absolute atomic E-state index is 0.0817. The Morgan fingerprint density at radius 1 is 1.36 bits per heavy atom. The normalized spacial score (nSPS) is 25.7. The first-order valence-electron chi connectivity index (χ1n) is 8.81. The van der Waals surface area contributed by atoms with Gasteiger partial charge >= 0.3 is 11.9 Å². The number of fused-ring (bicyclic) bond motifs is 1. The molecule has 1 aromatic heterocycles. The summed E-state index contributed by atoms with van der Waals surface area (Å²) < 4.78 is 0. The van der Waals surface area contributed by atoms with Crippen molar-refractivity contribution in [2.45, 2.75) is 51.6 Å². The Morgan fingerprint density at radius 2 is 2.12 bits per heavy atom. The second-order valence-corrected chi connectivity index (χ2v) is 7.05. The molecule has 2 heterocycles. The molecule has 3 N–H and O–H groups in total. The molecule has 3 rings (SSSR count). The van der Waals surface area contributed by atoms with E-state index < -0.39 is 23.5 Å². The van der Waals surface area contributed by atoms with Gasteiger partial charge < -0.3 is 20.2 Å². The van der Waals surface area contributed by atoms with Crippen LogP contribution < -0.4 is 4.90 Å². The molecule has 1 saturated heterocycles. The van der Waals surface area contributed by atoms with E-state index in [0.29, 0.717) is 25.2 Å². The first-order chi connectivity index (χ1) is 11.9. The summed E-state index contributed by atoms with van der Waals surface area (Å²) in [5, 5.41) is 29.8. The lowest BCUT2D eigenvalue weighted by Crippen LogP contribution is -2.55. The van der Waals surface area contributed by atoms with Crippen LogP contribution >= 0.6 is 0 Å². The smallest absolute Gasteiger partial charge is 0.339 e. The van der Waals surface area contributed by atoms with E-state index >= 15 is 0 Å². The molecule has 0 spiro atoms. The molecule has 7 heteroatoms. The number of aromatic nitrogens is 1. The molecule has 2 aliphatic rings. The van der Waals surface area contributed by atoms with Crippen LogP contribution in [0.5, 0.6) is 0 Å². The number of hydrogen-bond acceptors (Lipinski definition) is 5. The zero-order chi connectivity index (χ0) is 18.2. The van der Waals surface area contributed by atoms with Gasteiger partial charge in [0, 0.05) is 18.8 Å². The Kier molecular flexibility index (Phi) is 4.69. The van der Waals surface area contributed by atoms with Crippen LogP contribution in [0.2, 0.25) is 0 Å². The van der Waals surface area contributed by atoms with Crippen LogP contribution in [0.25, 0.3) is 0 Å². The minimum atomic E-state index is -1.16. The third kappa shape index (κ3) is 2.97. The number of aromatic carboxylic acids is 1. The topological polar surface area (TPSA) is 111 Å². The number of aliphatic carboxylic acids is 1. The fourth-order valence-electron chi connectivity index (χ4n) is 4.12. The summed E-state index contributed by atoms with van der Waals surface area (Å²) in [6, 6.07) is 1.68. The van der Waals surface area contributed by atoms with E-state index in [9.17, 15) is 24.9 Å². The second-order valence-electron chi connectivity index (χ2n) is 7.05. The summed E-state index contributed by atoms with van der Waals surface area (Å²) >= 11 is 0. The zero-order valence-electron chi connectivity index (χ0n) is 14.4. The number of carbonyl (C=O) groups is 2. The van der Waals surface area contributed by atoms with Crippen molar-refractivity contribution in [3.05, 3.63) is 22.9 Å². The standard InChI is InChI=1S/C18H24N2O5/c1-2-6-18(17(24)25)7-8-20(10-14(18)21)15-12(16(22)23)9-11-4-3-5-13(11)19-15/h9,14,21H,2-8,10H2,1H3,(H,22,23)(H,24,25)/t14-,18-/m0/s1. The maximum absolute atomic E-state index is 11.8. The van der Waals surface area contributed by atoms with Crippen LogP contribution in [0.4, 0.5) is 5.82 Å². The number of carboxylic acids is 2. The van der Waals surface area contributed by atoms with E-state index in [0.717, 1.165) is 30.5 Å². The lowest BCUT2D eigenvalue weighted by molar-refractivity contribution is -0.159. The molecule has 0 saturated carbocycles. The quantitative estimate of drug-likeness (QED) is 0.743. The Hall–Kier alpha value is -2.15. The number of aliphatic hydroxyl groups excluding tert-OH is 1. The van der Waals surface area contributed by atoms with Crippen molar-refractivity contribution in [2.24, 2.45) is 5.41 Å². The van der Waals surface area contributed by atoms with Gasteiger partial charge in [0.15, 0.2) is 0 Å². The van der Waals surface area contributed by atoms with E-state index in [1.165, 1.54) is 0 Å². The van der Waals surface area contributed by atoms with Gasteiger partial charge in [-0.1, -0.05) is 13.3 Å². The highest BCUT2D eigenvalue weighted by molar-refractivity contribution is 5.94. The predicted octanol–water partition coefficient (Wildman–Crippen LogP) is 1.71. The monoisotopic (exact) mass is 348 g/mol. The third-order valence-electron chi connectivity index (χ3n) is 5.54. The van der Waals surface area contributed by atoms with Crippen molar-refractivity contribution >= 4 is 17.8 Å². The van der Waals surface area contributed by atoms with Crippen LogP contribution in [-0.2, 0) is 17.6 Å². The van der Waals surface area contributed by atoms with Gasteiger partial charge in [-0.05, 0) is 43.7 Å². The molecule has 2 atom stereocenters. The third-order valence-corrected chi connectivity index (χ3v) is 5.54. The first-order valence-corrected chi connectivity index (χ1v) is 8.81. The number of aliphatic hydroxyl groups is 1. The fourth-order valence-corrected chi connectivity index (χ4v) is 4.12. The molecule has 0 unspecified atom stereocenters. The Bertz CT molecular complexity index is 705. The number of piperidine rings is 1. The summed E-state index contributed by atoms with van der Waals surface area (Å²) in [7, 11) is 0. The van der Waals surface area contributed by atoms with Crippen molar-refractivity contribution in [2.75, 3.05) is 18.0 Å². The number of hydrogen-bond donors (Lipinski definition) is 3. The number of rotatable bonds is 5.